The summed E-state index contributed by atoms with van der Waals surface area (Å²) in [6.07, 6.45) is -6.68. The molecule has 5 rings (SSSR count). The third kappa shape index (κ3) is 14.3. The van der Waals surface area contributed by atoms with Gasteiger partial charge < -0.3 is 30.5 Å². The Morgan fingerprint density at radius 3 is 1.91 bits per heavy atom. The maximum Gasteiger partial charge on any atom is 0.573 e. The van der Waals surface area contributed by atoms with Crippen LogP contribution in [0.5, 0.6) is 5.75 Å². The van der Waals surface area contributed by atoms with Gasteiger partial charge in [0.1, 0.15) is 5.75 Å². The number of nitrogens with zero attached hydrogens (tertiary/aromatic N) is 4. The third-order valence-electron chi connectivity index (χ3n) is 7.84. The number of halogens is 9. The second-order valence-corrected chi connectivity index (χ2v) is 11.7. The van der Waals surface area contributed by atoms with E-state index >= 15 is 0 Å². The van der Waals surface area contributed by atoms with Gasteiger partial charge in [-0.1, -0.05) is 12.8 Å². The van der Waals surface area contributed by atoms with Crippen molar-refractivity contribution in [3.8, 4) is 23.1 Å². The molecule has 1 aliphatic heterocycles. The van der Waals surface area contributed by atoms with Crippen molar-refractivity contribution in [2.45, 2.75) is 75.4 Å². The van der Waals surface area contributed by atoms with Crippen molar-refractivity contribution in [3.63, 3.8) is 0 Å². The zero-order valence-electron chi connectivity index (χ0n) is 27.5. The number of hydrogen-bond donors (Lipinski definition) is 4. The first-order valence-corrected chi connectivity index (χ1v) is 15.8. The number of carboxylic acids is 2. The van der Waals surface area contributed by atoms with E-state index in [-0.39, 0.29) is 17.8 Å². The Balaban J connectivity index is 0.000000458. The lowest BCUT2D eigenvalue weighted by Gasteiger charge is -2.40. The van der Waals surface area contributed by atoms with Crippen molar-refractivity contribution in [2.24, 2.45) is 0 Å². The minimum Gasteiger partial charge on any atom is -0.475 e. The van der Waals surface area contributed by atoms with Crippen LogP contribution in [0, 0.1) is 11.3 Å². The molecule has 2 heterocycles. The van der Waals surface area contributed by atoms with Gasteiger partial charge in [0.05, 0.1) is 17.3 Å². The van der Waals surface area contributed by atoms with Crippen LogP contribution in [0.4, 0.5) is 51.1 Å². The molecule has 0 bridgehead atoms. The Hall–Kier alpha value is -5.32. The molecule has 2 aliphatic rings. The van der Waals surface area contributed by atoms with Crippen LogP contribution in [-0.2, 0) is 9.59 Å². The van der Waals surface area contributed by atoms with Crippen molar-refractivity contribution < 1.29 is 64.1 Å². The number of anilines is 2. The Morgan fingerprint density at radius 2 is 1.38 bits per heavy atom. The van der Waals surface area contributed by atoms with Crippen molar-refractivity contribution in [1.82, 2.24) is 15.3 Å². The van der Waals surface area contributed by atoms with Crippen LogP contribution < -0.4 is 20.3 Å². The van der Waals surface area contributed by atoms with Gasteiger partial charge in [0, 0.05) is 48.7 Å². The summed E-state index contributed by atoms with van der Waals surface area (Å²) in [5.41, 5.74) is 3.11. The number of alkyl halides is 9. The highest BCUT2D eigenvalue weighted by atomic mass is 19.4. The summed E-state index contributed by atoms with van der Waals surface area (Å²) in [5.74, 6) is -5.28. The molecule has 4 N–H and O–H groups in total. The highest BCUT2D eigenvalue weighted by Crippen LogP contribution is 2.28. The number of hydrogen-bond acceptors (Lipinski definition) is 9. The average molecular weight is 765 g/mol. The Labute approximate surface area is 296 Å². The number of nitriles is 1. The summed E-state index contributed by atoms with van der Waals surface area (Å²) >= 11 is 0. The van der Waals surface area contributed by atoms with Crippen LogP contribution >= 0.6 is 0 Å². The average Bonchev–Trinajstić information content (AvgIpc) is 3.09. The number of carbonyl (C=O) groups is 2. The van der Waals surface area contributed by atoms with Gasteiger partial charge in [-0.25, -0.2) is 19.6 Å². The molecule has 1 saturated carbocycles. The van der Waals surface area contributed by atoms with Gasteiger partial charge in [-0.15, -0.1) is 13.2 Å². The van der Waals surface area contributed by atoms with Crippen LogP contribution in [-0.4, -0.2) is 82.0 Å². The fourth-order valence-corrected chi connectivity index (χ4v) is 5.48. The molecular weight excluding hydrogens is 731 g/mol. The maximum atomic E-state index is 12.5. The number of rotatable bonds is 7. The molecule has 1 aromatic heterocycles. The van der Waals surface area contributed by atoms with E-state index in [9.17, 15) is 39.5 Å². The minimum absolute atomic E-state index is 0.168. The maximum absolute atomic E-state index is 12.5. The van der Waals surface area contributed by atoms with Gasteiger partial charge >= 0.3 is 30.7 Å². The molecule has 0 spiro atoms. The van der Waals surface area contributed by atoms with Crippen molar-refractivity contribution in [1.29, 1.82) is 5.26 Å². The van der Waals surface area contributed by atoms with Crippen LogP contribution in [0.2, 0.25) is 0 Å². The van der Waals surface area contributed by atoms with Gasteiger partial charge in [-0.3, -0.25) is 0 Å². The second kappa shape index (κ2) is 18.4. The van der Waals surface area contributed by atoms with Crippen molar-refractivity contribution in [3.05, 3.63) is 66.4 Å². The van der Waals surface area contributed by atoms with Gasteiger partial charge in [0.25, 0.3) is 0 Å². The first-order chi connectivity index (χ1) is 24.7. The fraction of sp³-hybridized carbons (Fsp3) is 0.424. The number of piperidine rings is 1. The summed E-state index contributed by atoms with van der Waals surface area (Å²) in [4.78, 5) is 29.2. The quantitative estimate of drug-likeness (QED) is 0.181. The van der Waals surface area contributed by atoms with Gasteiger partial charge in [0.2, 0.25) is 5.95 Å². The second-order valence-electron chi connectivity index (χ2n) is 11.7. The molecule has 0 amide bonds. The van der Waals surface area contributed by atoms with E-state index in [2.05, 4.69) is 36.3 Å². The molecule has 3 aromatic rings. The SMILES string of the molecule is N#Cc1ccc(N2CCC[C@H](N[C@@H]3CCCC[C@H]3Nc3nccc(-c4ccc(OC(F)(F)F)cc4)n3)C2)cc1.O=C(O)C(F)(F)F.O=C(O)C(F)(F)F. The number of carboxylic acid groups (broad SMARTS) is 2. The van der Waals surface area contributed by atoms with Gasteiger partial charge in [-0.2, -0.15) is 31.6 Å². The van der Waals surface area contributed by atoms with Crippen LogP contribution in [0.25, 0.3) is 11.3 Å². The number of nitrogens with one attached hydrogen (secondary N) is 2. The Kier molecular flexibility index (Phi) is 14.6. The molecule has 0 unspecified atom stereocenters. The Morgan fingerprint density at radius 1 is 0.811 bits per heavy atom. The number of aliphatic carboxylic acids is 2. The first kappa shape index (κ1) is 42.1. The summed E-state index contributed by atoms with van der Waals surface area (Å²) in [6, 6.07) is 18.2. The minimum atomic E-state index is -5.08. The molecule has 20 heteroatoms. The molecule has 53 heavy (non-hydrogen) atoms. The number of aromatic nitrogens is 2. The molecule has 1 saturated heterocycles. The largest absolute Gasteiger partial charge is 0.573 e. The van der Waals surface area contributed by atoms with Crippen LogP contribution in [0.1, 0.15) is 44.1 Å². The van der Waals surface area contributed by atoms with Crippen LogP contribution in [0.3, 0.4) is 0 Å². The highest BCUT2D eigenvalue weighted by Gasteiger charge is 2.39. The summed E-state index contributed by atoms with van der Waals surface area (Å²) in [6.45, 7) is 1.91. The molecule has 2 fully saturated rings. The van der Waals surface area contributed by atoms with Gasteiger partial charge in [0.15, 0.2) is 0 Å². The van der Waals surface area contributed by atoms with E-state index in [0.29, 0.717) is 28.8 Å². The lowest BCUT2D eigenvalue weighted by molar-refractivity contribution is -0.274. The third-order valence-corrected chi connectivity index (χ3v) is 7.84. The lowest BCUT2D eigenvalue weighted by Crippen LogP contribution is -2.55. The van der Waals surface area contributed by atoms with E-state index in [1.807, 2.05) is 24.3 Å². The fourth-order valence-electron chi connectivity index (χ4n) is 5.48. The standard InChI is InChI=1S/C29H31F3N6O.2C2HF3O2/c30-29(31,32)39-24-13-9-21(10-14-24)25-15-16-34-28(36-25)37-27-6-2-1-5-26(27)35-22-4-3-17-38(19-22)23-11-7-20(18-33)8-12-23;2*3-2(4,5)1(6)7/h7-16,22,26-27,35H,1-6,17,19H2,(H,34,36,37);2*(H,6,7)/t22-,26+,27+;;/m0../s1. The zero-order valence-corrected chi connectivity index (χ0v) is 27.5. The van der Waals surface area contributed by atoms with E-state index in [4.69, 9.17) is 25.1 Å². The first-order valence-electron chi connectivity index (χ1n) is 15.8. The number of benzene rings is 2. The lowest BCUT2D eigenvalue weighted by atomic mass is 9.89. The molecule has 3 atom stereocenters. The van der Waals surface area contributed by atoms with Crippen molar-refractivity contribution >= 4 is 23.6 Å². The summed E-state index contributed by atoms with van der Waals surface area (Å²) < 4.78 is 105. The summed E-state index contributed by atoms with van der Waals surface area (Å²) in [5, 5.41) is 30.8. The molecule has 1 aliphatic carbocycles. The highest BCUT2D eigenvalue weighted by molar-refractivity contribution is 5.73. The van der Waals surface area contributed by atoms with Gasteiger partial charge in [-0.05, 0) is 80.3 Å². The zero-order chi connectivity index (χ0) is 39.4. The number of ether oxygens (including phenoxy) is 1. The van der Waals surface area contributed by atoms with E-state index < -0.39 is 30.7 Å². The van der Waals surface area contributed by atoms with E-state index in [1.165, 1.54) is 12.1 Å². The smallest absolute Gasteiger partial charge is 0.475 e. The monoisotopic (exact) mass is 764 g/mol. The molecular formula is C33H33F9N6O5. The molecule has 2 aromatic carbocycles. The van der Waals surface area contributed by atoms with E-state index in [1.54, 1.807) is 24.4 Å². The predicted molar refractivity (Wildman–Crippen MR) is 171 cm³/mol. The Bertz CT molecular complexity index is 1660. The summed E-state index contributed by atoms with van der Waals surface area (Å²) in [7, 11) is 0. The molecule has 11 nitrogen and oxygen atoms in total. The van der Waals surface area contributed by atoms with Crippen LogP contribution in [0.15, 0.2) is 60.8 Å². The van der Waals surface area contributed by atoms with Crippen molar-refractivity contribution in [2.75, 3.05) is 23.3 Å². The molecule has 288 valence electrons. The normalized spacial score (nSPS) is 18.9. The topological polar surface area (TPSA) is 161 Å². The van der Waals surface area contributed by atoms with E-state index in [0.717, 1.165) is 57.3 Å². The predicted octanol–water partition coefficient (Wildman–Crippen LogP) is 7.16. The molecule has 0 radical (unpaired) electrons.